The highest BCUT2D eigenvalue weighted by Gasteiger charge is 2.31. The first-order chi connectivity index (χ1) is 16.1. The summed E-state index contributed by atoms with van der Waals surface area (Å²) in [5.41, 5.74) is 0. The van der Waals surface area contributed by atoms with E-state index in [-0.39, 0.29) is 17.5 Å². The lowest BCUT2D eigenvalue weighted by atomic mass is 9.67. The zero-order chi connectivity index (χ0) is 23.5. The molecule has 3 rings (SSSR count). The number of esters is 1. The second-order valence-corrected chi connectivity index (χ2v) is 10.5. The van der Waals surface area contributed by atoms with Crippen molar-refractivity contribution in [2.24, 2.45) is 23.7 Å². The Morgan fingerprint density at radius 3 is 2.48 bits per heavy atom. The smallest absolute Gasteiger partial charge is 0.311 e. The Kier molecular flexibility index (Phi) is 11.0. The van der Waals surface area contributed by atoms with Gasteiger partial charge in [-0.2, -0.15) is 0 Å². The Balaban J connectivity index is 1.37. The second kappa shape index (κ2) is 14.0. The summed E-state index contributed by atoms with van der Waals surface area (Å²) in [5, 5.41) is 0. The molecule has 1 aromatic rings. The normalized spacial score (nSPS) is 25.5. The van der Waals surface area contributed by atoms with Crippen LogP contribution in [0, 0.1) is 29.5 Å². The third-order valence-corrected chi connectivity index (χ3v) is 7.95. The van der Waals surface area contributed by atoms with Gasteiger partial charge in [-0.1, -0.05) is 71.6 Å². The van der Waals surface area contributed by atoms with Crippen molar-refractivity contribution in [2.75, 3.05) is 6.61 Å². The third kappa shape index (κ3) is 8.61. The van der Waals surface area contributed by atoms with Crippen LogP contribution in [0.1, 0.15) is 110 Å². The molecule has 2 aliphatic rings. The first kappa shape index (κ1) is 26.0. The fourth-order valence-electron chi connectivity index (χ4n) is 6.03. The predicted octanol–water partition coefficient (Wildman–Crippen LogP) is 8.49. The van der Waals surface area contributed by atoms with Gasteiger partial charge in [0, 0.05) is 12.5 Å². The highest BCUT2D eigenvalue weighted by atomic mass is 19.1. The van der Waals surface area contributed by atoms with E-state index in [4.69, 9.17) is 9.47 Å². The summed E-state index contributed by atoms with van der Waals surface area (Å²) >= 11 is 0. The summed E-state index contributed by atoms with van der Waals surface area (Å²) < 4.78 is 24.9. The number of halogens is 1. The standard InChI is InChI=1S/C29H45FO3/c1-3-5-6-8-22-11-14-24(15-12-22)25-10-7-9-23(20-25)13-18-29(31)33-26-16-17-28(27(30)21-26)32-19-4-2/h16-17,21-25H,3-15,18-20H2,1-2H3/t22-,23?,24-,25-/m0/s1. The van der Waals surface area contributed by atoms with Crippen LogP contribution in [0.25, 0.3) is 0 Å². The minimum absolute atomic E-state index is 0.208. The summed E-state index contributed by atoms with van der Waals surface area (Å²) in [4.78, 5) is 12.4. The first-order valence-corrected chi connectivity index (χ1v) is 13.7. The SMILES string of the molecule is CCCCC[C@H]1CC[C@H]([C@H]2CCCC(CCC(=O)Oc3ccc(OCCC)c(F)c3)C2)CC1. The molecule has 2 aliphatic carbocycles. The molecule has 0 amide bonds. The number of carbonyl (C=O) groups is 1. The van der Waals surface area contributed by atoms with Crippen molar-refractivity contribution >= 4 is 5.97 Å². The van der Waals surface area contributed by atoms with Gasteiger partial charge in [-0.25, -0.2) is 4.39 Å². The summed E-state index contributed by atoms with van der Waals surface area (Å²) in [5.74, 6) is 3.08. The highest BCUT2D eigenvalue weighted by Crippen LogP contribution is 2.43. The van der Waals surface area contributed by atoms with Crippen molar-refractivity contribution in [3.8, 4) is 11.5 Å². The van der Waals surface area contributed by atoms with Crippen LogP contribution in [0.2, 0.25) is 0 Å². The maximum Gasteiger partial charge on any atom is 0.311 e. The maximum atomic E-state index is 14.1. The van der Waals surface area contributed by atoms with E-state index in [1.807, 2.05) is 6.92 Å². The number of unbranched alkanes of at least 4 members (excludes halogenated alkanes) is 2. The molecule has 0 radical (unpaired) electrons. The van der Waals surface area contributed by atoms with Gasteiger partial charge in [0.25, 0.3) is 0 Å². The fourth-order valence-corrected chi connectivity index (χ4v) is 6.03. The molecule has 1 aromatic carbocycles. The Morgan fingerprint density at radius 2 is 1.76 bits per heavy atom. The molecule has 33 heavy (non-hydrogen) atoms. The molecule has 186 valence electrons. The minimum Gasteiger partial charge on any atom is -0.491 e. The number of hydrogen-bond donors (Lipinski definition) is 0. The lowest BCUT2D eigenvalue weighted by molar-refractivity contribution is -0.134. The van der Waals surface area contributed by atoms with Gasteiger partial charge >= 0.3 is 5.97 Å². The molecule has 0 N–H and O–H groups in total. The van der Waals surface area contributed by atoms with Gasteiger partial charge in [0.2, 0.25) is 0 Å². The number of carbonyl (C=O) groups excluding carboxylic acids is 1. The largest absolute Gasteiger partial charge is 0.491 e. The van der Waals surface area contributed by atoms with Gasteiger partial charge in [-0.3, -0.25) is 4.79 Å². The number of benzene rings is 1. The Hall–Kier alpha value is -1.58. The lowest BCUT2D eigenvalue weighted by Gasteiger charge is -2.38. The average Bonchev–Trinajstić information content (AvgIpc) is 2.83. The van der Waals surface area contributed by atoms with Gasteiger partial charge in [0.05, 0.1) is 6.61 Å². The predicted molar refractivity (Wildman–Crippen MR) is 132 cm³/mol. The van der Waals surface area contributed by atoms with E-state index in [0.717, 1.165) is 30.6 Å². The van der Waals surface area contributed by atoms with E-state index in [9.17, 15) is 9.18 Å². The Morgan fingerprint density at radius 1 is 0.939 bits per heavy atom. The van der Waals surface area contributed by atoms with Gasteiger partial charge in [0.1, 0.15) is 5.75 Å². The number of hydrogen-bond acceptors (Lipinski definition) is 3. The van der Waals surface area contributed by atoms with Gasteiger partial charge in [-0.15, -0.1) is 0 Å². The molecule has 0 saturated heterocycles. The van der Waals surface area contributed by atoms with Crippen molar-refractivity contribution in [2.45, 2.75) is 110 Å². The van der Waals surface area contributed by atoms with Crippen LogP contribution in [-0.4, -0.2) is 12.6 Å². The molecule has 2 atom stereocenters. The van der Waals surface area contributed by atoms with Crippen molar-refractivity contribution < 1.29 is 18.7 Å². The summed E-state index contributed by atoms with van der Waals surface area (Å²) in [6, 6.07) is 4.40. The summed E-state index contributed by atoms with van der Waals surface area (Å²) in [7, 11) is 0. The molecular weight excluding hydrogens is 415 g/mol. The molecule has 0 heterocycles. The number of ether oxygens (including phenoxy) is 2. The van der Waals surface area contributed by atoms with Crippen LogP contribution in [0.15, 0.2) is 18.2 Å². The molecule has 2 saturated carbocycles. The molecule has 0 aliphatic heterocycles. The van der Waals surface area contributed by atoms with Crippen LogP contribution in [0.3, 0.4) is 0 Å². The topological polar surface area (TPSA) is 35.5 Å². The molecule has 0 bridgehead atoms. The van der Waals surface area contributed by atoms with Gasteiger partial charge in [0.15, 0.2) is 11.6 Å². The monoisotopic (exact) mass is 460 g/mol. The first-order valence-electron chi connectivity index (χ1n) is 13.7. The van der Waals surface area contributed by atoms with Crippen LogP contribution >= 0.6 is 0 Å². The lowest BCUT2D eigenvalue weighted by Crippen LogP contribution is -2.27. The molecule has 3 nitrogen and oxygen atoms in total. The zero-order valence-corrected chi connectivity index (χ0v) is 21.0. The fraction of sp³-hybridized carbons (Fsp3) is 0.759. The van der Waals surface area contributed by atoms with Crippen LogP contribution in [0.5, 0.6) is 11.5 Å². The average molecular weight is 461 g/mol. The quantitative estimate of drug-likeness (QED) is 0.178. The molecule has 4 heteroatoms. The Labute approximate surface area is 200 Å². The van der Waals surface area contributed by atoms with Crippen molar-refractivity contribution in [3.05, 3.63) is 24.0 Å². The van der Waals surface area contributed by atoms with Gasteiger partial charge in [-0.05, 0) is 67.9 Å². The molecule has 1 unspecified atom stereocenters. The number of rotatable bonds is 12. The summed E-state index contributed by atoms with van der Waals surface area (Å²) in [6.07, 6.45) is 18.6. The second-order valence-electron chi connectivity index (χ2n) is 10.5. The van der Waals surface area contributed by atoms with E-state index < -0.39 is 5.82 Å². The van der Waals surface area contributed by atoms with E-state index in [0.29, 0.717) is 18.9 Å². The van der Waals surface area contributed by atoms with E-state index >= 15 is 0 Å². The highest BCUT2D eigenvalue weighted by molar-refractivity contribution is 5.72. The zero-order valence-electron chi connectivity index (χ0n) is 21.0. The van der Waals surface area contributed by atoms with Crippen molar-refractivity contribution in [3.63, 3.8) is 0 Å². The van der Waals surface area contributed by atoms with Crippen LogP contribution in [-0.2, 0) is 4.79 Å². The summed E-state index contributed by atoms with van der Waals surface area (Å²) in [6.45, 7) is 4.73. The molecule has 2 fully saturated rings. The van der Waals surface area contributed by atoms with E-state index in [1.165, 1.54) is 89.2 Å². The maximum absolute atomic E-state index is 14.1. The van der Waals surface area contributed by atoms with Crippen molar-refractivity contribution in [1.82, 2.24) is 0 Å². The third-order valence-electron chi connectivity index (χ3n) is 7.95. The minimum atomic E-state index is -0.482. The van der Waals surface area contributed by atoms with Crippen LogP contribution < -0.4 is 9.47 Å². The Bertz CT molecular complexity index is 711. The van der Waals surface area contributed by atoms with E-state index in [1.54, 1.807) is 6.07 Å². The molecule has 0 spiro atoms. The van der Waals surface area contributed by atoms with E-state index in [2.05, 4.69) is 6.92 Å². The molecular formula is C29H45FO3. The molecule has 0 aromatic heterocycles. The van der Waals surface area contributed by atoms with Crippen molar-refractivity contribution in [1.29, 1.82) is 0 Å². The van der Waals surface area contributed by atoms with Crippen LogP contribution in [0.4, 0.5) is 4.39 Å². The van der Waals surface area contributed by atoms with Gasteiger partial charge < -0.3 is 9.47 Å².